The molecule has 10 unspecified atom stereocenters. The maximum Gasteiger partial charge on any atom is 0.330 e. The lowest BCUT2D eigenvalue weighted by Crippen LogP contribution is -2.61. The van der Waals surface area contributed by atoms with E-state index in [1.807, 2.05) is 0 Å². The zero-order valence-corrected chi connectivity index (χ0v) is 63.8. The second kappa shape index (κ2) is 35.2. The Morgan fingerprint density at radius 2 is 1.05 bits per heavy atom. The van der Waals surface area contributed by atoms with Crippen molar-refractivity contribution in [1.29, 1.82) is 0 Å². The van der Waals surface area contributed by atoms with E-state index >= 15 is 28.8 Å². The molecule has 0 aromatic heterocycles. The third-order valence-electron chi connectivity index (χ3n) is 20.7. The summed E-state index contributed by atoms with van der Waals surface area (Å²) >= 11 is 21.2. The predicted octanol–water partition coefficient (Wildman–Crippen LogP) is 0.429. The molecular formula is C77H79Cl3N8O30. The topological polar surface area (TPSA) is 607 Å². The monoisotopic (exact) mass is 1700 g/mol. The van der Waals surface area contributed by atoms with E-state index in [9.17, 15) is 81.4 Å². The number of carbonyl (C=O) groups excluding carboxylic acids is 6. The van der Waals surface area contributed by atoms with Crippen molar-refractivity contribution in [2.45, 2.75) is 154 Å². The number of ether oxygens (including phenoxy) is 8. The first-order valence-electron chi connectivity index (χ1n) is 36.3. The summed E-state index contributed by atoms with van der Waals surface area (Å²) in [5.74, 6) is -16.6. The van der Waals surface area contributed by atoms with Gasteiger partial charge in [-0.3, -0.25) is 28.8 Å². The fourth-order valence-electron chi connectivity index (χ4n) is 14.5. The number of aromatic hydroxyl groups is 5. The number of carboxylic acids is 1. The van der Waals surface area contributed by atoms with E-state index in [-0.39, 0.29) is 34.4 Å². The largest absolute Gasteiger partial charge is 0.508 e. The molecule has 0 radical (unpaired) electrons. The summed E-state index contributed by atoms with van der Waals surface area (Å²) in [5.41, 5.74) is 3.12. The average molecular weight is 1700 g/mol. The van der Waals surface area contributed by atoms with Crippen molar-refractivity contribution in [1.82, 2.24) is 37.2 Å². The van der Waals surface area contributed by atoms with Crippen LogP contribution in [0.15, 0.2) is 121 Å². The van der Waals surface area contributed by atoms with Crippen LogP contribution in [0.4, 0.5) is 0 Å². The highest BCUT2D eigenvalue weighted by Gasteiger charge is 2.51. The molecule has 8 heterocycles. The number of rotatable bonds is 14. The molecule has 23 atom stereocenters. The van der Waals surface area contributed by atoms with E-state index in [4.69, 9.17) is 78.4 Å². The predicted molar refractivity (Wildman–Crippen MR) is 403 cm³/mol. The first kappa shape index (κ1) is 85.3. The van der Waals surface area contributed by atoms with Crippen molar-refractivity contribution in [3.63, 3.8) is 0 Å². The summed E-state index contributed by atoms with van der Waals surface area (Å²) in [6.45, 7) is -0.602. The molecule has 118 heavy (non-hydrogen) atoms. The van der Waals surface area contributed by atoms with Crippen molar-refractivity contribution in [3.8, 4) is 68.6 Å². The van der Waals surface area contributed by atoms with Gasteiger partial charge in [0.05, 0.1) is 40.5 Å². The molecule has 3 fully saturated rings. The van der Waals surface area contributed by atoms with Crippen LogP contribution in [0.2, 0.25) is 15.1 Å². The minimum atomic E-state index is -2.46. The first-order valence-corrected chi connectivity index (χ1v) is 37.5. The second-order valence-electron chi connectivity index (χ2n) is 28.5. The Morgan fingerprint density at radius 1 is 0.525 bits per heavy atom. The van der Waals surface area contributed by atoms with Crippen LogP contribution in [0.1, 0.15) is 94.7 Å². The van der Waals surface area contributed by atoms with Crippen LogP contribution < -0.4 is 57.2 Å². The molecule has 24 N–H and O–H groups in total. The Morgan fingerprint density at radius 3 is 1.61 bits per heavy atom. The van der Waals surface area contributed by atoms with Crippen LogP contribution in [0, 0.1) is 0 Å². The van der Waals surface area contributed by atoms with E-state index < -0.39 is 290 Å². The fraction of sp³-hybridized carbons (Fsp3) is 0.364. The lowest BCUT2D eigenvalue weighted by atomic mass is 9.89. The number of aliphatic hydroxyl groups excluding tert-OH is 9. The number of aliphatic carboxylic acids is 1. The van der Waals surface area contributed by atoms with Gasteiger partial charge < -0.3 is 157 Å². The van der Waals surface area contributed by atoms with E-state index in [0.717, 1.165) is 91.0 Å². The molecule has 11 bridgehead atoms. The fourth-order valence-corrected chi connectivity index (χ4v) is 15.1. The standard InChI is InChI=1S/C77H79Cl3N8O30/c1-26-59(96)40(81)23-50(111-26)116-66-30-7-13-44(38(79)17-30)112-46-19-32-20-47(68(46)118-77-65(102)63(100)61(98)49(25-90)115-77)113-45-14-8-31(18-39(45)80)67(117-76-64(101)62(99)60(97)48(24-89)114-76)58(87-69(103)52(82-2)27-3-9-33(91)10-4-27)73(107)84-54(29-6-12-42(94)37(78)16-29)70(104)85-55(32)72(106)83-53-28-5-11-41(93)35(15-28)51-36(21-34(92)22-43(51)95)56(75(109)110)86-74(108)57(66)88-71(53)105/h3-22,26,40,48-50,52-67,76-77,82,89-102H,23-25,81H2,1-2H3,(H,83,106)(H,84,107)(H,85,104)(H,86,108)(H,87,103)(H,88,105)(H,109,110)/t26?,40-,48+,49-,50+,52?,53?,54?,55?,56?,57?,58?,59+,60+,61-,62-,63+,64-,65-,66?,67?,76+,77+/m1/s1. The Bertz CT molecular complexity index is 5000. The Kier molecular flexibility index (Phi) is 25.4. The summed E-state index contributed by atoms with van der Waals surface area (Å²) in [6.07, 6.45) is -29.0. The van der Waals surface area contributed by atoms with Gasteiger partial charge in [-0.05, 0) is 126 Å². The van der Waals surface area contributed by atoms with Crippen LogP contribution in [-0.2, 0) is 57.2 Å². The molecular weight excluding hydrogens is 1620 g/mol. The zero-order chi connectivity index (χ0) is 84.9. The normalized spacial score (nSPS) is 30.1. The van der Waals surface area contributed by atoms with Gasteiger partial charge in [-0.15, -0.1) is 0 Å². The van der Waals surface area contributed by atoms with Crippen molar-refractivity contribution in [3.05, 3.63) is 175 Å². The second-order valence-corrected chi connectivity index (χ2v) is 29.7. The Balaban J connectivity index is 1.08. The molecule has 15 rings (SSSR count). The van der Waals surface area contributed by atoms with E-state index in [2.05, 4.69) is 37.2 Å². The quantitative estimate of drug-likeness (QED) is 0.0702. The van der Waals surface area contributed by atoms with Gasteiger partial charge >= 0.3 is 5.97 Å². The van der Waals surface area contributed by atoms with Crippen LogP contribution in [-0.4, -0.2) is 236 Å². The van der Waals surface area contributed by atoms with Gasteiger partial charge in [0, 0.05) is 35.2 Å². The lowest BCUT2D eigenvalue weighted by molar-refractivity contribution is -0.313. The molecule has 6 amide bonds. The van der Waals surface area contributed by atoms with Gasteiger partial charge in [-0.25, -0.2) is 4.79 Å². The number of carbonyl (C=O) groups is 7. The smallest absolute Gasteiger partial charge is 0.330 e. The van der Waals surface area contributed by atoms with Gasteiger partial charge in [0.1, 0.15) is 138 Å². The van der Waals surface area contributed by atoms with Gasteiger partial charge in [-0.2, -0.15) is 0 Å². The molecule has 7 aromatic rings. The van der Waals surface area contributed by atoms with E-state index in [1.165, 1.54) is 44.3 Å². The van der Waals surface area contributed by atoms with Gasteiger partial charge in [0.15, 0.2) is 30.1 Å². The molecule has 0 aliphatic carbocycles. The van der Waals surface area contributed by atoms with Crippen LogP contribution >= 0.6 is 34.8 Å². The summed E-state index contributed by atoms with van der Waals surface area (Å²) in [4.78, 5) is 110. The van der Waals surface area contributed by atoms with Gasteiger partial charge in [0.25, 0.3) is 0 Å². The minimum Gasteiger partial charge on any atom is -0.508 e. The third-order valence-corrected chi connectivity index (χ3v) is 21.6. The number of carboxylic acid groups (broad SMARTS) is 1. The van der Waals surface area contributed by atoms with Crippen LogP contribution in [0.25, 0.3) is 11.1 Å². The number of halogens is 3. The highest BCUT2D eigenvalue weighted by atomic mass is 35.5. The average Bonchev–Trinajstić information content (AvgIpc) is 0.763. The number of hydrogen-bond acceptors (Lipinski definition) is 31. The first-order chi connectivity index (χ1) is 56.1. The van der Waals surface area contributed by atoms with E-state index in [0.29, 0.717) is 0 Å². The van der Waals surface area contributed by atoms with Gasteiger partial charge in [-0.1, -0.05) is 71.2 Å². The number of nitrogens with two attached hydrogens (primary N) is 1. The van der Waals surface area contributed by atoms with Gasteiger partial charge in [0.2, 0.25) is 47.5 Å². The molecule has 8 aliphatic rings. The maximum atomic E-state index is 16.6. The lowest BCUT2D eigenvalue weighted by Gasteiger charge is -2.42. The number of benzene rings is 7. The molecule has 7 aromatic carbocycles. The summed E-state index contributed by atoms with van der Waals surface area (Å²) in [5, 5.41) is 183. The molecule has 41 heteroatoms. The Hall–Kier alpha value is -10.5. The van der Waals surface area contributed by atoms with Crippen LogP contribution in [0.5, 0.6) is 57.5 Å². The third kappa shape index (κ3) is 17.4. The van der Waals surface area contributed by atoms with Crippen molar-refractivity contribution >= 4 is 76.2 Å². The molecule has 38 nitrogen and oxygen atoms in total. The molecule has 8 aliphatic heterocycles. The van der Waals surface area contributed by atoms with Crippen molar-refractivity contribution in [2.75, 3.05) is 20.3 Å². The summed E-state index contributed by atoms with van der Waals surface area (Å²) in [7, 11) is 1.34. The van der Waals surface area contributed by atoms with Crippen LogP contribution in [0.3, 0.4) is 0 Å². The Labute approximate surface area is 682 Å². The molecule has 3 saturated heterocycles. The minimum absolute atomic E-state index is 0.161. The molecule has 0 spiro atoms. The molecule has 0 saturated carbocycles. The zero-order valence-electron chi connectivity index (χ0n) is 61.5. The van der Waals surface area contributed by atoms with Crippen molar-refractivity contribution < 1.29 is 148 Å². The summed E-state index contributed by atoms with van der Waals surface area (Å²) < 4.78 is 50.6. The number of nitrogens with one attached hydrogen (secondary N) is 7. The number of aliphatic hydroxyl groups is 9. The summed E-state index contributed by atoms with van der Waals surface area (Å²) in [6, 6.07) is 5.11. The number of fused-ring (bicyclic) bond motifs is 15. The van der Waals surface area contributed by atoms with E-state index in [1.54, 1.807) is 0 Å². The number of amides is 6. The SMILES string of the molecule is CNC(C(=O)NC1C(=O)NC(c2ccc(O)c(Cl)c2)C(=O)NC2C(=O)NC3C(=O)NC(C(=O)NC(C(=O)O)c4cc(O)cc(O)c4-c4cc3ccc4O)C(O[C@H]3C[C@@H](N)[C@@H](O)C(C)O3)c3ccc(c(Cl)c3)Oc3cc2cc(c3O[C@@H]2O[C@H](CO)[C@@H](O)[C@H](O)[C@H]2O)Oc2ccc(cc2Cl)C1O[C@@H]1O[C@@H](CO)[C@H](O)[C@@H](O)[C@H]1O)c1ccc(O)cc1. The number of phenols is 5. The van der Waals surface area contributed by atoms with Crippen molar-refractivity contribution in [2.24, 2.45) is 5.73 Å². The number of phenolic OH excluding ortho intramolecular Hbond substituents is 5. The maximum absolute atomic E-state index is 16.6. The number of likely N-dealkylation sites (N-methyl/N-ethyl adjacent to an activating group) is 1. The number of hydrogen-bond donors (Lipinski definition) is 23. The highest BCUT2D eigenvalue weighted by Crippen LogP contribution is 2.51. The highest BCUT2D eigenvalue weighted by molar-refractivity contribution is 6.33. The molecule has 628 valence electrons.